The van der Waals surface area contributed by atoms with E-state index in [4.69, 9.17) is 5.73 Å². The summed E-state index contributed by atoms with van der Waals surface area (Å²) < 4.78 is 0. The molecule has 3 nitrogen and oxygen atoms in total. The molecule has 1 rings (SSSR count). The van der Waals surface area contributed by atoms with E-state index in [1.54, 1.807) is 0 Å². The molecule has 1 aromatic rings. The predicted molar refractivity (Wildman–Crippen MR) is 75.7 cm³/mol. The lowest BCUT2D eigenvalue weighted by atomic mass is 10.1. The molecule has 0 aromatic heterocycles. The van der Waals surface area contributed by atoms with E-state index in [9.17, 15) is 0 Å². The molecule has 0 bridgehead atoms. The van der Waals surface area contributed by atoms with Crippen molar-refractivity contribution in [3.63, 3.8) is 0 Å². The van der Waals surface area contributed by atoms with Gasteiger partial charge in [-0.2, -0.15) is 0 Å². The molecule has 2 N–H and O–H groups in total. The van der Waals surface area contributed by atoms with Crippen molar-refractivity contribution in [3.8, 4) is 0 Å². The average Bonchev–Trinajstić information content (AvgIpc) is 2.12. The number of hydrogen-bond acceptors (Lipinski definition) is 1. The smallest absolute Gasteiger partial charge is 0.196 e. The minimum absolute atomic E-state index is 0.156. The highest BCUT2D eigenvalue weighted by molar-refractivity contribution is 5.94. The van der Waals surface area contributed by atoms with E-state index < -0.39 is 0 Å². The second kappa shape index (κ2) is 4.78. The minimum Gasteiger partial charge on any atom is -0.370 e. The second-order valence-corrected chi connectivity index (χ2v) is 5.55. The monoisotopic (exact) mass is 233 g/mol. The van der Waals surface area contributed by atoms with E-state index >= 15 is 0 Å². The highest BCUT2D eigenvalue weighted by Crippen LogP contribution is 2.18. The van der Waals surface area contributed by atoms with Gasteiger partial charge in [0.2, 0.25) is 0 Å². The van der Waals surface area contributed by atoms with Gasteiger partial charge < -0.3 is 10.6 Å². The molecule has 94 valence electrons. The zero-order chi connectivity index (χ0) is 13.2. The Hall–Kier alpha value is -1.51. The first kappa shape index (κ1) is 13.6. The van der Waals surface area contributed by atoms with Crippen molar-refractivity contribution in [3.05, 3.63) is 29.3 Å². The van der Waals surface area contributed by atoms with Crippen molar-refractivity contribution in [1.29, 1.82) is 0 Å². The number of hydrogen-bond donors (Lipinski definition) is 1. The van der Waals surface area contributed by atoms with Crippen molar-refractivity contribution in [1.82, 2.24) is 0 Å². The predicted octanol–water partition coefficient (Wildman–Crippen LogP) is 2.85. The number of nitrogens with zero attached hydrogens (tertiary/aromatic N) is 2. The Kier molecular flexibility index (Phi) is 3.81. The van der Waals surface area contributed by atoms with Crippen LogP contribution in [0.3, 0.4) is 0 Å². The summed E-state index contributed by atoms with van der Waals surface area (Å²) in [5.41, 5.74) is 9.40. The van der Waals surface area contributed by atoms with E-state index in [0.717, 1.165) is 5.69 Å². The fourth-order valence-electron chi connectivity index (χ4n) is 1.70. The summed E-state index contributed by atoms with van der Waals surface area (Å²) in [6.07, 6.45) is 0. The molecule has 0 spiro atoms. The van der Waals surface area contributed by atoms with E-state index in [2.05, 4.69) is 37.0 Å². The maximum atomic E-state index is 6.01. The number of aliphatic imine (C=N–C) groups is 1. The van der Waals surface area contributed by atoms with Crippen LogP contribution in [-0.4, -0.2) is 18.5 Å². The zero-order valence-electron chi connectivity index (χ0n) is 11.7. The molecule has 0 unspecified atom stereocenters. The maximum Gasteiger partial charge on any atom is 0.196 e. The molecule has 0 atom stereocenters. The SMILES string of the molecule is Cc1cc(C)cc(N(C)C(N)=NC(C)(C)C)c1. The summed E-state index contributed by atoms with van der Waals surface area (Å²) in [6, 6.07) is 6.37. The van der Waals surface area contributed by atoms with Crippen LogP contribution in [0.25, 0.3) is 0 Å². The number of guanidine groups is 1. The molecular formula is C14H23N3. The summed E-state index contributed by atoms with van der Waals surface area (Å²) in [6.45, 7) is 10.3. The van der Waals surface area contributed by atoms with Gasteiger partial charge in [0.25, 0.3) is 0 Å². The van der Waals surface area contributed by atoms with Gasteiger partial charge in [0.1, 0.15) is 0 Å². The summed E-state index contributed by atoms with van der Waals surface area (Å²) in [7, 11) is 1.94. The van der Waals surface area contributed by atoms with Gasteiger partial charge in [-0.3, -0.25) is 0 Å². The zero-order valence-corrected chi connectivity index (χ0v) is 11.7. The molecule has 0 fully saturated rings. The van der Waals surface area contributed by atoms with Gasteiger partial charge in [-0.1, -0.05) is 6.07 Å². The molecule has 0 aliphatic rings. The molecule has 0 aliphatic heterocycles. The summed E-state index contributed by atoms with van der Waals surface area (Å²) in [5.74, 6) is 0.544. The van der Waals surface area contributed by atoms with E-state index in [1.165, 1.54) is 11.1 Å². The third-order valence-corrected chi connectivity index (χ3v) is 2.39. The van der Waals surface area contributed by atoms with Crippen LogP contribution >= 0.6 is 0 Å². The highest BCUT2D eigenvalue weighted by atomic mass is 15.2. The molecule has 0 radical (unpaired) electrons. The van der Waals surface area contributed by atoms with Crippen LogP contribution in [0.15, 0.2) is 23.2 Å². The Labute approximate surface area is 104 Å². The number of anilines is 1. The molecule has 1 aromatic carbocycles. The first-order valence-corrected chi connectivity index (χ1v) is 5.86. The van der Waals surface area contributed by atoms with Gasteiger partial charge >= 0.3 is 0 Å². The molecule has 0 aliphatic carbocycles. The lowest BCUT2D eigenvalue weighted by Crippen LogP contribution is -2.36. The second-order valence-electron chi connectivity index (χ2n) is 5.55. The van der Waals surface area contributed by atoms with E-state index in [1.807, 2.05) is 32.7 Å². The van der Waals surface area contributed by atoms with Gasteiger partial charge in [0, 0.05) is 12.7 Å². The van der Waals surface area contributed by atoms with Crippen molar-refractivity contribution >= 4 is 11.6 Å². The van der Waals surface area contributed by atoms with Gasteiger partial charge in [-0.25, -0.2) is 4.99 Å². The van der Waals surface area contributed by atoms with Crippen molar-refractivity contribution < 1.29 is 0 Å². The van der Waals surface area contributed by atoms with Crippen LogP contribution in [0.2, 0.25) is 0 Å². The van der Waals surface area contributed by atoms with Crippen LogP contribution in [0, 0.1) is 13.8 Å². The number of benzene rings is 1. The van der Waals surface area contributed by atoms with E-state index in [-0.39, 0.29) is 5.54 Å². The third-order valence-electron chi connectivity index (χ3n) is 2.39. The Morgan fingerprint density at radius 2 is 1.59 bits per heavy atom. The van der Waals surface area contributed by atoms with Crippen molar-refractivity contribution in [2.45, 2.75) is 40.2 Å². The fraction of sp³-hybridized carbons (Fsp3) is 0.500. The minimum atomic E-state index is -0.156. The number of rotatable bonds is 1. The van der Waals surface area contributed by atoms with Gasteiger partial charge in [0.05, 0.1) is 5.54 Å². The molecule has 0 saturated carbocycles. The van der Waals surface area contributed by atoms with Crippen LogP contribution in [0.1, 0.15) is 31.9 Å². The topological polar surface area (TPSA) is 41.6 Å². The standard InChI is InChI=1S/C14H23N3/c1-10-7-11(2)9-12(8-10)17(6)13(15)16-14(3,4)5/h7-9H,1-6H3,(H2,15,16). The molecule has 0 heterocycles. The van der Waals surface area contributed by atoms with Crippen LogP contribution in [-0.2, 0) is 0 Å². The average molecular weight is 233 g/mol. The maximum absolute atomic E-state index is 6.01. The van der Waals surface area contributed by atoms with Crippen molar-refractivity contribution in [2.24, 2.45) is 10.7 Å². The van der Waals surface area contributed by atoms with Crippen LogP contribution in [0.4, 0.5) is 5.69 Å². The van der Waals surface area contributed by atoms with Gasteiger partial charge in [-0.15, -0.1) is 0 Å². The first-order valence-electron chi connectivity index (χ1n) is 5.86. The highest BCUT2D eigenvalue weighted by Gasteiger charge is 2.12. The largest absolute Gasteiger partial charge is 0.370 e. The molecular weight excluding hydrogens is 210 g/mol. The van der Waals surface area contributed by atoms with Crippen LogP contribution < -0.4 is 10.6 Å². The van der Waals surface area contributed by atoms with Crippen LogP contribution in [0.5, 0.6) is 0 Å². The fourth-order valence-corrected chi connectivity index (χ4v) is 1.70. The summed E-state index contributed by atoms with van der Waals surface area (Å²) in [5, 5.41) is 0. The summed E-state index contributed by atoms with van der Waals surface area (Å²) >= 11 is 0. The van der Waals surface area contributed by atoms with E-state index in [0.29, 0.717) is 5.96 Å². The Morgan fingerprint density at radius 1 is 1.12 bits per heavy atom. The van der Waals surface area contributed by atoms with Gasteiger partial charge in [0.15, 0.2) is 5.96 Å². The molecule has 0 amide bonds. The first-order chi connectivity index (χ1) is 7.69. The lowest BCUT2D eigenvalue weighted by Gasteiger charge is -2.22. The Morgan fingerprint density at radius 3 is 2.00 bits per heavy atom. The molecule has 17 heavy (non-hydrogen) atoms. The summed E-state index contributed by atoms with van der Waals surface area (Å²) in [4.78, 5) is 6.39. The Balaban J connectivity index is 3.04. The number of aryl methyl sites for hydroxylation is 2. The number of nitrogens with two attached hydrogens (primary N) is 1. The third kappa shape index (κ3) is 4.10. The lowest BCUT2D eigenvalue weighted by molar-refractivity contribution is 0.581. The normalized spacial score (nSPS) is 12.7. The van der Waals surface area contributed by atoms with Gasteiger partial charge in [-0.05, 0) is 57.9 Å². The van der Waals surface area contributed by atoms with Crippen molar-refractivity contribution in [2.75, 3.05) is 11.9 Å². The Bertz CT molecular complexity index is 407. The quantitative estimate of drug-likeness (QED) is 0.598. The molecule has 0 saturated heterocycles. The molecule has 3 heteroatoms.